The summed E-state index contributed by atoms with van der Waals surface area (Å²) in [6.45, 7) is 5.26. The largest absolute Gasteiger partial charge is 0.368 e. The van der Waals surface area contributed by atoms with Gasteiger partial charge in [0, 0.05) is 31.4 Å². The van der Waals surface area contributed by atoms with Gasteiger partial charge in [0.2, 0.25) is 10.0 Å². The summed E-state index contributed by atoms with van der Waals surface area (Å²) < 4.78 is 27.3. The van der Waals surface area contributed by atoms with Crippen LogP contribution >= 0.6 is 0 Å². The molecule has 1 aliphatic rings. The maximum atomic E-state index is 12.9. The van der Waals surface area contributed by atoms with Gasteiger partial charge >= 0.3 is 0 Å². The van der Waals surface area contributed by atoms with Crippen molar-refractivity contribution >= 4 is 15.8 Å². The third-order valence-electron chi connectivity index (χ3n) is 4.19. The Balaban J connectivity index is 1.75. The van der Waals surface area contributed by atoms with E-state index < -0.39 is 10.0 Å². The topological polar surface area (TPSA) is 88.3 Å². The van der Waals surface area contributed by atoms with Crippen molar-refractivity contribution in [3.63, 3.8) is 0 Å². The van der Waals surface area contributed by atoms with E-state index >= 15 is 0 Å². The zero-order chi connectivity index (χ0) is 18.1. The number of pyridine rings is 1. The zero-order valence-corrected chi connectivity index (χ0v) is 15.4. The maximum absolute atomic E-state index is 12.9. The highest BCUT2D eigenvalue weighted by Gasteiger charge is 2.28. The Kier molecular flexibility index (Phi) is 4.81. The predicted molar refractivity (Wildman–Crippen MR) is 98.7 cm³/mol. The second-order valence-electron chi connectivity index (χ2n) is 7.08. The first-order valence-electron chi connectivity index (χ1n) is 8.31. The van der Waals surface area contributed by atoms with Crippen LogP contribution in [0.1, 0.15) is 25.0 Å². The van der Waals surface area contributed by atoms with Crippen molar-refractivity contribution in [3.05, 3.63) is 53.7 Å². The van der Waals surface area contributed by atoms with E-state index in [4.69, 9.17) is 5.73 Å². The lowest BCUT2D eigenvalue weighted by molar-refractivity contribution is 0.391. The monoisotopic (exact) mass is 360 g/mol. The fourth-order valence-electron chi connectivity index (χ4n) is 2.78. The van der Waals surface area contributed by atoms with Crippen molar-refractivity contribution in [1.29, 1.82) is 0 Å². The molecule has 0 radical (unpaired) electrons. The SMILES string of the molecule is CC(C)(N)CNc1ccc(S(=O)(=O)N2CCc3ccccc3C2)cn1. The number of sulfonamides is 1. The Morgan fingerprint density at radius 3 is 2.56 bits per heavy atom. The van der Waals surface area contributed by atoms with Crippen LogP contribution in [0.2, 0.25) is 0 Å². The first-order chi connectivity index (χ1) is 11.8. The summed E-state index contributed by atoms with van der Waals surface area (Å²) in [5.74, 6) is 0.612. The molecule has 0 atom stereocenters. The minimum atomic E-state index is -3.55. The summed E-state index contributed by atoms with van der Waals surface area (Å²) in [7, 11) is -3.55. The van der Waals surface area contributed by atoms with Crippen LogP contribution in [0.25, 0.3) is 0 Å². The van der Waals surface area contributed by atoms with E-state index in [-0.39, 0.29) is 10.4 Å². The third kappa shape index (κ3) is 4.18. The summed E-state index contributed by atoms with van der Waals surface area (Å²) >= 11 is 0. The number of rotatable bonds is 5. The van der Waals surface area contributed by atoms with E-state index in [1.807, 2.05) is 32.0 Å². The molecule has 7 heteroatoms. The van der Waals surface area contributed by atoms with Crippen LogP contribution < -0.4 is 11.1 Å². The van der Waals surface area contributed by atoms with Crippen LogP contribution in [-0.2, 0) is 23.0 Å². The lowest BCUT2D eigenvalue weighted by atomic mass is 10.0. The van der Waals surface area contributed by atoms with Gasteiger partial charge in [-0.15, -0.1) is 0 Å². The molecule has 1 aromatic carbocycles. The summed E-state index contributed by atoms with van der Waals surface area (Å²) in [5.41, 5.74) is 7.84. The van der Waals surface area contributed by atoms with Crippen molar-refractivity contribution in [1.82, 2.24) is 9.29 Å². The minimum Gasteiger partial charge on any atom is -0.368 e. The van der Waals surface area contributed by atoms with Crippen LogP contribution in [-0.4, -0.2) is 36.3 Å². The minimum absolute atomic E-state index is 0.212. The Hall–Kier alpha value is -1.96. The van der Waals surface area contributed by atoms with Crippen molar-refractivity contribution in [2.24, 2.45) is 5.73 Å². The molecule has 25 heavy (non-hydrogen) atoms. The number of fused-ring (bicyclic) bond motifs is 1. The van der Waals surface area contributed by atoms with Crippen LogP contribution in [0.5, 0.6) is 0 Å². The lowest BCUT2D eigenvalue weighted by Crippen LogP contribution is -2.39. The lowest BCUT2D eigenvalue weighted by Gasteiger charge is -2.28. The first kappa shape index (κ1) is 17.8. The van der Waals surface area contributed by atoms with Gasteiger partial charge in [-0.2, -0.15) is 4.31 Å². The van der Waals surface area contributed by atoms with Gasteiger partial charge < -0.3 is 11.1 Å². The molecular weight excluding hydrogens is 336 g/mol. The Bertz CT molecular complexity index is 842. The molecule has 1 aromatic heterocycles. The molecule has 0 amide bonds. The molecule has 0 fully saturated rings. The Labute approximate surface area is 149 Å². The fraction of sp³-hybridized carbons (Fsp3) is 0.389. The van der Waals surface area contributed by atoms with Gasteiger partial charge in [0.25, 0.3) is 0 Å². The highest BCUT2D eigenvalue weighted by molar-refractivity contribution is 7.89. The van der Waals surface area contributed by atoms with Gasteiger partial charge in [-0.25, -0.2) is 13.4 Å². The molecule has 6 nitrogen and oxygen atoms in total. The van der Waals surface area contributed by atoms with Gasteiger partial charge in [-0.1, -0.05) is 24.3 Å². The molecule has 2 aromatic rings. The van der Waals surface area contributed by atoms with E-state index in [0.29, 0.717) is 25.5 Å². The van der Waals surface area contributed by atoms with Crippen LogP contribution in [0.15, 0.2) is 47.5 Å². The molecule has 134 valence electrons. The number of nitrogens with zero attached hydrogens (tertiary/aromatic N) is 2. The number of nitrogens with one attached hydrogen (secondary N) is 1. The number of anilines is 1. The van der Waals surface area contributed by atoms with Gasteiger partial charge in [0.05, 0.1) is 0 Å². The number of hydrogen-bond donors (Lipinski definition) is 2. The molecule has 0 bridgehead atoms. The Morgan fingerprint density at radius 2 is 1.92 bits per heavy atom. The van der Waals surface area contributed by atoms with E-state index in [2.05, 4.69) is 16.4 Å². The number of benzene rings is 1. The molecule has 2 heterocycles. The van der Waals surface area contributed by atoms with Crippen LogP contribution in [0.4, 0.5) is 5.82 Å². The number of aromatic nitrogens is 1. The van der Waals surface area contributed by atoms with Gasteiger partial charge in [0.1, 0.15) is 10.7 Å². The van der Waals surface area contributed by atoms with E-state index in [1.54, 1.807) is 12.1 Å². The number of nitrogens with two attached hydrogens (primary N) is 1. The van der Waals surface area contributed by atoms with E-state index in [9.17, 15) is 8.42 Å². The molecule has 3 N–H and O–H groups in total. The summed E-state index contributed by atoms with van der Waals surface area (Å²) in [6.07, 6.45) is 2.13. The second kappa shape index (κ2) is 6.74. The zero-order valence-electron chi connectivity index (χ0n) is 14.6. The molecule has 0 unspecified atom stereocenters. The van der Waals surface area contributed by atoms with Crippen molar-refractivity contribution in [3.8, 4) is 0 Å². The van der Waals surface area contributed by atoms with E-state index in [0.717, 1.165) is 12.0 Å². The third-order valence-corrected chi connectivity index (χ3v) is 6.02. The average molecular weight is 360 g/mol. The summed E-state index contributed by atoms with van der Waals surface area (Å²) in [4.78, 5) is 4.43. The van der Waals surface area contributed by atoms with E-state index in [1.165, 1.54) is 16.1 Å². The fourth-order valence-corrected chi connectivity index (χ4v) is 4.14. The molecule has 0 spiro atoms. The highest BCUT2D eigenvalue weighted by Crippen LogP contribution is 2.24. The molecule has 1 aliphatic heterocycles. The highest BCUT2D eigenvalue weighted by atomic mass is 32.2. The quantitative estimate of drug-likeness (QED) is 0.851. The van der Waals surface area contributed by atoms with Gasteiger partial charge in [0.15, 0.2) is 0 Å². The standard InChI is InChI=1S/C18H24N4O2S/c1-18(2,19)13-21-17-8-7-16(11-20-17)25(23,24)22-10-9-14-5-3-4-6-15(14)12-22/h3-8,11H,9-10,12-13,19H2,1-2H3,(H,20,21). The van der Waals surface area contributed by atoms with Crippen molar-refractivity contribution in [2.45, 2.75) is 37.2 Å². The molecule has 0 saturated heterocycles. The Morgan fingerprint density at radius 1 is 1.20 bits per heavy atom. The second-order valence-corrected chi connectivity index (χ2v) is 9.02. The molecule has 0 saturated carbocycles. The predicted octanol–water partition coefficient (Wildman–Crippen LogP) is 1.98. The van der Waals surface area contributed by atoms with Crippen molar-refractivity contribution < 1.29 is 8.42 Å². The summed E-state index contributed by atoms with van der Waals surface area (Å²) in [5, 5.41) is 3.11. The molecular formula is C18H24N4O2S. The number of hydrogen-bond acceptors (Lipinski definition) is 5. The van der Waals surface area contributed by atoms with Crippen LogP contribution in [0, 0.1) is 0 Å². The van der Waals surface area contributed by atoms with Crippen LogP contribution in [0.3, 0.4) is 0 Å². The first-order valence-corrected chi connectivity index (χ1v) is 9.75. The normalized spacial score (nSPS) is 15.6. The maximum Gasteiger partial charge on any atom is 0.244 e. The molecule has 0 aliphatic carbocycles. The van der Waals surface area contributed by atoms with Gasteiger partial charge in [-0.05, 0) is 43.5 Å². The van der Waals surface area contributed by atoms with Gasteiger partial charge in [-0.3, -0.25) is 0 Å². The van der Waals surface area contributed by atoms with Crippen molar-refractivity contribution in [2.75, 3.05) is 18.4 Å². The molecule has 3 rings (SSSR count). The smallest absolute Gasteiger partial charge is 0.244 e. The average Bonchev–Trinajstić information content (AvgIpc) is 2.59. The summed E-state index contributed by atoms with van der Waals surface area (Å²) in [6, 6.07) is 11.2.